The van der Waals surface area contributed by atoms with Gasteiger partial charge in [-0.3, -0.25) is 4.79 Å². The largest absolute Gasteiger partial charge is 0.352 e. The number of benzene rings is 2. The first kappa shape index (κ1) is 21.1. The highest BCUT2D eigenvalue weighted by atomic mass is 19.1. The molecule has 0 spiro atoms. The van der Waals surface area contributed by atoms with E-state index in [1.165, 1.54) is 12.1 Å². The van der Waals surface area contributed by atoms with Crippen LogP contribution in [0.15, 0.2) is 48.5 Å². The van der Waals surface area contributed by atoms with Crippen molar-refractivity contribution in [1.29, 1.82) is 0 Å². The molecule has 33 heavy (non-hydrogen) atoms. The first-order valence-corrected chi connectivity index (χ1v) is 11.0. The van der Waals surface area contributed by atoms with E-state index in [9.17, 15) is 9.18 Å². The predicted molar refractivity (Wildman–Crippen MR) is 125 cm³/mol. The van der Waals surface area contributed by atoms with E-state index in [1.54, 1.807) is 17.0 Å². The zero-order valence-electron chi connectivity index (χ0n) is 18.9. The normalized spacial score (nSPS) is 14.2. The molecule has 168 valence electrons. The third-order valence-corrected chi connectivity index (χ3v) is 6.11. The molecule has 5 rings (SSSR count). The molecule has 2 aromatic carbocycles. The van der Waals surface area contributed by atoms with Gasteiger partial charge in [0.1, 0.15) is 17.5 Å². The van der Waals surface area contributed by atoms with Crippen LogP contribution in [-0.2, 0) is 0 Å². The van der Waals surface area contributed by atoms with Gasteiger partial charge in [-0.1, -0.05) is 30.3 Å². The van der Waals surface area contributed by atoms with E-state index in [4.69, 9.17) is 15.1 Å². The minimum Gasteiger partial charge on any atom is -0.352 e. The van der Waals surface area contributed by atoms with Crippen LogP contribution in [0.25, 0.3) is 16.7 Å². The van der Waals surface area contributed by atoms with Crippen molar-refractivity contribution in [2.75, 3.05) is 31.1 Å². The van der Waals surface area contributed by atoms with Crippen LogP contribution in [0, 0.1) is 26.6 Å². The van der Waals surface area contributed by atoms with E-state index in [0.717, 1.165) is 33.8 Å². The van der Waals surface area contributed by atoms with E-state index in [0.29, 0.717) is 32.0 Å². The molecule has 0 N–H and O–H groups in total. The second kappa shape index (κ2) is 8.27. The van der Waals surface area contributed by atoms with Gasteiger partial charge in [-0.15, -0.1) is 0 Å². The van der Waals surface area contributed by atoms with Gasteiger partial charge in [0.15, 0.2) is 5.65 Å². The summed E-state index contributed by atoms with van der Waals surface area (Å²) >= 11 is 0. The first-order chi connectivity index (χ1) is 15.9. The highest BCUT2D eigenvalue weighted by Gasteiger charge is 2.27. The molecule has 7 nitrogen and oxygen atoms in total. The summed E-state index contributed by atoms with van der Waals surface area (Å²) in [6.07, 6.45) is 0. The van der Waals surface area contributed by atoms with Gasteiger partial charge in [0.2, 0.25) is 0 Å². The SMILES string of the molecule is Cc1nc(N2CCN(C(=O)c3ccccc3F)CC2)c2c(C)nn(-c3ccccc3C)c2n1. The standard InChI is InChI=1S/C25H25FN6O/c1-16-8-4-7-11-21(16)32-24-22(17(2)29-32)23(27-18(3)28-24)30-12-14-31(15-13-30)25(33)19-9-5-6-10-20(19)26/h4-11H,12-15H2,1-3H3. The van der Waals surface area contributed by atoms with E-state index >= 15 is 0 Å². The van der Waals surface area contributed by atoms with Crippen LogP contribution in [-0.4, -0.2) is 56.7 Å². The number of hydrogen-bond donors (Lipinski definition) is 0. The Morgan fingerprint density at radius 3 is 2.33 bits per heavy atom. The molecule has 0 atom stereocenters. The molecule has 8 heteroatoms. The fourth-order valence-corrected chi connectivity index (χ4v) is 4.39. The summed E-state index contributed by atoms with van der Waals surface area (Å²) in [4.78, 5) is 26.1. The number of hydrogen-bond acceptors (Lipinski definition) is 5. The molecule has 1 saturated heterocycles. The molecule has 1 aliphatic heterocycles. The Kier molecular flexibility index (Phi) is 5.28. The third kappa shape index (κ3) is 3.71. The third-order valence-electron chi connectivity index (χ3n) is 6.11. The molecule has 2 aromatic heterocycles. The molecule has 1 amide bonds. The maximum Gasteiger partial charge on any atom is 0.256 e. The zero-order valence-corrected chi connectivity index (χ0v) is 18.9. The number of aromatic nitrogens is 4. The summed E-state index contributed by atoms with van der Waals surface area (Å²) in [7, 11) is 0. The van der Waals surface area contributed by atoms with E-state index in [1.807, 2.05) is 36.7 Å². The Morgan fingerprint density at radius 2 is 1.61 bits per heavy atom. The summed E-state index contributed by atoms with van der Waals surface area (Å²) in [5.74, 6) is 0.725. The summed E-state index contributed by atoms with van der Waals surface area (Å²) in [5.41, 5.74) is 3.84. The smallest absolute Gasteiger partial charge is 0.256 e. The van der Waals surface area contributed by atoms with Gasteiger partial charge in [-0.05, 0) is 44.5 Å². The van der Waals surface area contributed by atoms with Crippen molar-refractivity contribution in [2.24, 2.45) is 0 Å². The monoisotopic (exact) mass is 444 g/mol. The summed E-state index contributed by atoms with van der Waals surface area (Å²) in [6.45, 7) is 8.08. The van der Waals surface area contributed by atoms with Crippen LogP contribution in [0.2, 0.25) is 0 Å². The van der Waals surface area contributed by atoms with E-state index in [2.05, 4.69) is 17.9 Å². The van der Waals surface area contributed by atoms with Gasteiger partial charge in [0.25, 0.3) is 5.91 Å². The molecule has 0 bridgehead atoms. The Hall–Kier alpha value is -3.81. The summed E-state index contributed by atoms with van der Waals surface area (Å²) < 4.78 is 16.0. The number of amides is 1. The number of carbonyl (C=O) groups excluding carboxylic acids is 1. The number of halogens is 1. The van der Waals surface area contributed by atoms with Crippen LogP contribution in [0.5, 0.6) is 0 Å². The Morgan fingerprint density at radius 1 is 0.909 bits per heavy atom. The molecule has 0 unspecified atom stereocenters. The molecule has 0 saturated carbocycles. The molecule has 4 aromatic rings. The lowest BCUT2D eigenvalue weighted by atomic mass is 10.1. The number of fused-ring (bicyclic) bond motifs is 1. The first-order valence-electron chi connectivity index (χ1n) is 11.0. The number of piperazine rings is 1. The molecule has 1 fully saturated rings. The molecular formula is C25H25FN6O. The van der Waals surface area contributed by atoms with Crippen molar-refractivity contribution in [1.82, 2.24) is 24.6 Å². The van der Waals surface area contributed by atoms with Gasteiger partial charge in [-0.25, -0.2) is 19.0 Å². The van der Waals surface area contributed by atoms with Gasteiger partial charge >= 0.3 is 0 Å². The van der Waals surface area contributed by atoms with Crippen molar-refractivity contribution in [2.45, 2.75) is 20.8 Å². The lowest BCUT2D eigenvalue weighted by Crippen LogP contribution is -2.49. The average molecular weight is 445 g/mol. The molecule has 3 heterocycles. The van der Waals surface area contributed by atoms with Gasteiger partial charge in [-0.2, -0.15) is 5.10 Å². The Bertz CT molecular complexity index is 1360. The fraction of sp³-hybridized carbons (Fsp3) is 0.280. The molecule has 0 radical (unpaired) electrons. The van der Waals surface area contributed by atoms with E-state index in [-0.39, 0.29) is 11.5 Å². The number of anilines is 1. The summed E-state index contributed by atoms with van der Waals surface area (Å²) in [5, 5.41) is 5.71. The highest BCUT2D eigenvalue weighted by molar-refractivity contribution is 5.95. The second-order valence-corrected chi connectivity index (χ2v) is 8.34. The van der Waals surface area contributed by atoms with E-state index < -0.39 is 5.82 Å². The van der Waals surface area contributed by atoms with Crippen molar-refractivity contribution < 1.29 is 9.18 Å². The van der Waals surface area contributed by atoms with Crippen LogP contribution in [0.1, 0.15) is 27.4 Å². The predicted octanol–water partition coefficient (Wildman–Crippen LogP) is 3.84. The summed E-state index contributed by atoms with van der Waals surface area (Å²) in [6, 6.07) is 14.2. The zero-order chi connectivity index (χ0) is 23.1. The van der Waals surface area contributed by atoms with Crippen LogP contribution >= 0.6 is 0 Å². The number of nitrogens with zero attached hydrogens (tertiary/aromatic N) is 6. The van der Waals surface area contributed by atoms with Gasteiger partial charge < -0.3 is 9.80 Å². The van der Waals surface area contributed by atoms with Crippen LogP contribution in [0.4, 0.5) is 10.2 Å². The number of carbonyl (C=O) groups is 1. The highest BCUT2D eigenvalue weighted by Crippen LogP contribution is 2.30. The quantitative estimate of drug-likeness (QED) is 0.480. The Balaban J connectivity index is 1.46. The van der Waals surface area contributed by atoms with Gasteiger partial charge in [0, 0.05) is 26.2 Å². The minimum absolute atomic E-state index is 0.113. The lowest BCUT2D eigenvalue weighted by Gasteiger charge is -2.35. The van der Waals surface area contributed by atoms with Crippen molar-refractivity contribution >= 4 is 22.8 Å². The van der Waals surface area contributed by atoms with Crippen LogP contribution < -0.4 is 4.90 Å². The number of para-hydroxylation sites is 1. The molecule has 0 aliphatic carbocycles. The van der Waals surface area contributed by atoms with Crippen molar-refractivity contribution in [3.63, 3.8) is 0 Å². The number of rotatable bonds is 3. The van der Waals surface area contributed by atoms with Crippen molar-refractivity contribution in [3.05, 3.63) is 77.0 Å². The maximum absolute atomic E-state index is 14.1. The number of aryl methyl sites for hydroxylation is 3. The Labute approximate surface area is 191 Å². The minimum atomic E-state index is -0.489. The maximum atomic E-state index is 14.1. The molecular weight excluding hydrogens is 419 g/mol. The fourth-order valence-electron chi connectivity index (χ4n) is 4.39. The lowest BCUT2D eigenvalue weighted by molar-refractivity contribution is 0.0742. The van der Waals surface area contributed by atoms with Crippen molar-refractivity contribution in [3.8, 4) is 5.69 Å². The molecule has 1 aliphatic rings. The van der Waals surface area contributed by atoms with Gasteiger partial charge in [0.05, 0.1) is 22.3 Å². The average Bonchev–Trinajstić information content (AvgIpc) is 3.14. The topological polar surface area (TPSA) is 67.2 Å². The van der Waals surface area contributed by atoms with Crippen LogP contribution in [0.3, 0.4) is 0 Å². The second-order valence-electron chi connectivity index (χ2n) is 8.34.